The zero-order valence-electron chi connectivity index (χ0n) is 14.5. The van der Waals surface area contributed by atoms with Gasteiger partial charge in [0.25, 0.3) is 10.0 Å². The van der Waals surface area contributed by atoms with Crippen molar-refractivity contribution in [3.63, 3.8) is 0 Å². The maximum Gasteiger partial charge on any atom is 0.327 e. The molecule has 2 heterocycles. The van der Waals surface area contributed by atoms with Crippen molar-refractivity contribution in [2.24, 2.45) is 0 Å². The van der Waals surface area contributed by atoms with Crippen LogP contribution in [0.4, 0.5) is 0 Å². The molecule has 1 aliphatic heterocycles. The number of thiophene rings is 1. The third-order valence-corrected chi connectivity index (χ3v) is 8.24. The van der Waals surface area contributed by atoms with Crippen LogP contribution in [0.15, 0.2) is 40.6 Å². The molecular formula is C17H18Cl2N2O4S2. The van der Waals surface area contributed by atoms with Gasteiger partial charge in [-0.1, -0.05) is 35.3 Å². The number of halogens is 2. The Morgan fingerprint density at radius 3 is 2.22 bits per heavy atom. The monoisotopic (exact) mass is 448 g/mol. The molecule has 0 saturated carbocycles. The third kappa shape index (κ3) is 4.47. The molecule has 146 valence electrons. The van der Waals surface area contributed by atoms with E-state index >= 15 is 0 Å². The second-order valence-corrected chi connectivity index (χ2v) is 10.3. The van der Waals surface area contributed by atoms with Crippen molar-refractivity contribution in [1.82, 2.24) is 9.21 Å². The number of rotatable bonds is 5. The number of methoxy groups -OCH3 is 1. The van der Waals surface area contributed by atoms with Gasteiger partial charge in [0.2, 0.25) is 0 Å². The van der Waals surface area contributed by atoms with Crippen LogP contribution < -0.4 is 0 Å². The molecule has 3 rings (SSSR count). The van der Waals surface area contributed by atoms with Crippen LogP contribution >= 0.6 is 34.5 Å². The Labute approximate surface area is 172 Å². The van der Waals surface area contributed by atoms with Crippen molar-refractivity contribution in [1.29, 1.82) is 0 Å². The van der Waals surface area contributed by atoms with Gasteiger partial charge in [-0.15, -0.1) is 11.3 Å². The van der Waals surface area contributed by atoms with Gasteiger partial charge in [0.15, 0.2) is 0 Å². The SMILES string of the molecule is COC(=O)C(c1ccc(Cl)cc1)N1CCN(S(=O)(=O)c2ccc(Cl)s2)CC1. The van der Waals surface area contributed by atoms with Crippen LogP contribution in [0, 0.1) is 0 Å². The van der Waals surface area contributed by atoms with Gasteiger partial charge in [-0.3, -0.25) is 4.90 Å². The first-order chi connectivity index (χ1) is 12.8. The van der Waals surface area contributed by atoms with Crippen molar-refractivity contribution in [2.45, 2.75) is 10.3 Å². The van der Waals surface area contributed by atoms with E-state index in [1.54, 1.807) is 30.3 Å². The van der Waals surface area contributed by atoms with E-state index in [1.165, 1.54) is 17.5 Å². The van der Waals surface area contributed by atoms with E-state index in [4.69, 9.17) is 27.9 Å². The minimum Gasteiger partial charge on any atom is -0.468 e. The average Bonchev–Trinajstić information content (AvgIpc) is 3.11. The van der Waals surface area contributed by atoms with Crippen molar-refractivity contribution in [2.75, 3.05) is 33.3 Å². The first-order valence-corrected chi connectivity index (χ1v) is 11.2. The van der Waals surface area contributed by atoms with Gasteiger partial charge in [0.1, 0.15) is 10.3 Å². The van der Waals surface area contributed by atoms with Gasteiger partial charge < -0.3 is 4.74 Å². The molecule has 1 fully saturated rings. The van der Waals surface area contributed by atoms with Crippen LogP contribution in [0.5, 0.6) is 0 Å². The summed E-state index contributed by atoms with van der Waals surface area (Å²) in [5, 5.41) is 0.577. The van der Waals surface area contributed by atoms with Crippen molar-refractivity contribution >= 4 is 50.5 Å². The van der Waals surface area contributed by atoms with Crippen LogP contribution in [-0.4, -0.2) is 56.9 Å². The van der Waals surface area contributed by atoms with Gasteiger partial charge in [-0.25, -0.2) is 13.2 Å². The van der Waals surface area contributed by atoms with Crippen LogP contribution in [0.1, 0.15) is 11.6 Å². The van der Waals surface area contributed by atoms with E-state index in [0.717, 1.165) is 16.9 Å². The molecule has 1 aromatic heterocycles. The Morgan fingerprint density at radius 2 is 1.70 bits per heavy atom. The number of carbonyl (C=O) groups excluding carboxylic acids is 1. The minimum absolute atomic E-state index is 0.225. The maximum absolute atomic E-state index is 12.7. The first kappa shape index (κ1) is 20.6. The molecule has 0 spiro atoms. The van der Waals surface area contributed by atoms with Gasteiger partial charge in [0.05, 0.1) is 11.4 Å². The Morgan fingerprint density at radius 1 is 1.07 bits per heavy atom. The second kappa shape index (κ2) is 8.46. The van der Waals surface area contributed by atoms with E-state index in [1.807, 2.05) is 4.90 Å². The molecular weight excluding hydrogens is 431 g/mol. The largest absolute Gasteiger partial charge is 0.468 e. The summed E-state index contributed by atoms with van der Waals surface area (Å²) in [6, 6.07) is 9.47. The van der Waals surface area contributed by atoms with Crippen molar-refractivity contribution in [3.8, 4) is 0 Å². The zero-order chi connectivity index (χ0) is 19.6. The van der Waals surface area contributed by atoms with Crippen molar-refractivity contribution in [3.05, 3.63) is 51.3 Å². The molecule has 1 aromatic carbocycles. The molecule has 2 aromatic rings. The number of benzene rings is 1. The van der Waals surface area contributed by atoms with Crippen molar-refractivity contribution < 1.29 is 17.9 Å². The molecule has 1 saturated heterocycles. The lowest BCUT2D eigenvalue weighted by Crippen LogP contribution is -2.50. The first-order valence-electron chi connectivity index (χ1n) is 8.16. The summed E-state index contributed by atoms with van der Waals surface area (Å²) in [7, 11) is -2.24. The summed E-state index contributed by atoms with van der Waals surface area (Å²) in [6.07, 6.45) is 0. The van der Waals surface area contributed by atoms with Crippen LogP contribution in [-0.2, 0) is 19.6 Å². The van der Waals surface area contributed by atoms with E-state index in [0.29, 0.717) is 22.4 Å². The highest BCUT2D eigenvalue weighted by Crippen LogP contribution is 2.30. The molecule has 0 amide bonds. The highest BCUT2D eigenvalue weighted by atomic mass is 35.5. The third-order valence-electron chi connectivity index (χ3n) is 4.39. The molecule has 1 unspecified atom stereocenters. The molecule has 0 bridgehead atoms. The summed E-state index contributed by atoms with van der Waals surface area (Å²) in [4.78, 5) is 14.3. The molecule has 6 nitrogen and oxygen atoms in total. The fraction of sp³-hybridized carbons (Fsp3) is 0.353. The van der Waals surface area contributed by atoms with Crippen LogP contribution in [0.25, 0.3) is 0 Å². The molecule has 0 radical (unpaired) electrons. The predicted molar refractivity (Wildman–Crippen MR) is 106 cm³/mol. The van der Waals surface area contributed by atoms with Gasteiger partial charge in [0, 0.05) is 31.2 Å². The number of nitrogens with zero attached hydrogens (tertiary/aromatic N) is 2. The maximum atomic E-state index is 12.7. The van der Waals surface area contributed by atoms with E-state index in [-0.39, 0.29) is 17.3 Å². The summed E-state index contributed by atoms with van der Waals surface area (Å²) in [5.41, 5.74) is 0.757. The van der Waals surface area contributed by atoms with Gasteiger partial charge in [-0.05, 0) is 29.8 Å². The minimum atomic E-state index is -3.58. The fourth-order valence-electron chi connectivity index (χ4n) is 3.02. The number of hydrogen-bond donors (Lipinski definition) is 0. The van der Waals surface area contributed by atoms with Gasteiger partial charge >= 0.3 is 5.97 Å². The van der Waals surface area contributed by atoms with E-state index in [2.05, 4.69) is 0 Å². The summed E-state index contributed by atoms with van der Waals surface area (Å²) >= 11 is 12.8. The predicted octanol–water partition coefficient (Wildman–Crippen LogP) is 3.28. The quantitative estimate of drug-likeness (QED) is 0.656. The molecule has 27 heavy (non-hydrogen) atoms. The lowest BCUT2D eigenvalue weighted by atomic mass is 10.0. The van der Waals surface area contributed by atoms with E-state index in [9.17, 15) is 13.2 Å². The summed E-state index contributed by atoms with van der Waals surface area (Å²) in [6.45, 7) is 1.36. The second-order valence-electron chi connectivity index (χ2n) is 5.98. The molecule has 1 aliphatic rings. The molecule has 10 heteroatoms. The highest BCUT2D eigenvalue weighted by Gasteiger charge is 2.35. The fourth-order valence-corrected chi connectivity index (χ4v) is 6.20. The smallest absolute Gasteiger partial charge is 0.327 e. The Bertz CT molecular complexity index is 907. The average molecular weight is 449 g/mol. The molecule has 0 aliphatic carbocycles. The number of carbonyl (C=O) groups is 1. The normalized spacial score (nSPS) is 17.6. The Hall–Kier alpha value is -1.16. The van der Waals surface area contributed by atoms with Gasteiger partial charge in [-0.2, -0.15) is 4.31 Å². The molecule has 0 N–H and O–H groups in total. The zero-order valence-corrected chi connectivity index (χ0v) is 17.6. The number of ether oxygens (including phenoxy) is 1. The number of hydrogen-bond acceptors (Lipinski definition) is 6. The number of esters is 1. The number of piperazine rings is 1. The lowest BCUT2D eigenvalue weighted by molar-refractivity contribution is -0.147. The highest BCUT2D eigenvalue weighted by molar-refractivity contribution is 7.91. The Balaban J connectivity index is 1.76. The topological polar surface area (TPSA) is 66.9 Å². The van der Waals surface area contributed by atoms with Crippen LogP contribution in [0.2, 0.25) is 9.36 Å². The van der Waals surface area contributed by atoms with Crippen LogP contribution in [0.3, 0.4) is 0 Å². The summed E-state index contributed by atoms with van der Waals surface area (Å²) < 4.78 is 32.5. The lowest BCUT2D eigenvalue weighted by Gasteiger charge is -2.37. The summed E-state index contributed by atoms with van der Waals surface area (Å²) in [5.74, 6) is -0.390. The number of sulfonamides is 1. The standard InChI is InChI=1S/C17H18Cl2N2O4S2/c1-25-17(22)16(12-2-4-13(18)5-3-12)20-8-10-21(11-9-20)27(23,24)15-7-6-14(19)26-15/h2-7,16H,8-11H2,1H3. The Kier molecular flexibility index (Phi) is 6.45. The molecule has 1 atom stereocenters. The van der Waals surface area contributed by atoms with E-state index < -0.39 is 22.0 Å².